The van der Waals surface area contributed by atoms with E-state index in [9.17, 15) is 8.78 Å². The minimum atomic E-state index is -0.716. The zero-order valence-corrected chi connectivity index (χ0v) is 10.5. The fourth-order valence-electron chi connectivity index (χ4n) is 1.59. The molecule has 1 aromatic carbocycles. The molecule has 0 aromatic heterocycles. The number of ether oxygens (including phenoxy) is 1. The third kappa shape index (κ3) is 3.92. The van der Waals surface area contributed by atoms with Crippen LogP contribution in [0.25, 0.3) is 0 Å². The molecule has 5 heteroatoms. The Morgan fingerprint density at radius 1 is 1.33 bits per heavy atom. The molecule has 0 amide bonds. The highest BCUT2D eigenvalue weighted by atomic mass is 19.1. The first-order valence-corrected chi connectivity index (χ1v) is 5.99. The Labute approximate surface area is 106 Å². The summed E-state index contributed by atoms with van der Waals surface area (Å²) in [5.41, 5.74) is 5.24. The standard InChI is InChI=1S/C13H19F2NO2/c1-2-13(16,9-17)7-4-8-18-12-10(14)5-3-6-11(12)15/h3,5-6,17H,2,4,7-9,16H2,1H3. The van der Waals surface area contributed by atoms with Crippen molar-refractivity contribution in [2.75, 3.05) is 13.2 Å². The highest BCUT2D eigenvalue weighted by molar-refractivity contribution is 5.25. The van der Waals surface area contributed by atoms with Gasteiger partial charge in [-0.1, -0.05) is 13.0 Å². The van der Waals surface area contributed by atoms with Gasteiger partial charge < -0.3 is 15.6 Å². The molecule has 0 saturated carbocycles. The highest BCUT2D eigenvalue weighted by Crippen LogP contribution is 2.21. The molecular weight excluding hydrogens is 240 g/mol. The van der Waals surface area contributed by atoms with Crippen molar-refractivity contribution in [3.8, 4) is 5.75 Å². The molecule has 0 aliphatic rings. The zero-order valence-electron chi connectivity index (χ0n) is 10.5. The predicted octanol–water partition coefficient (Wildman–Crippen LogP) is 2.22. The van der Waals surface area contributed by atoms with E-state index >= 15 is 0 Å². The Morgan fingerprint density at radius 2 is 1.94 bits per heavy atom. The maximum Gasteiger partial charge on any atom is 0.190 e. The summed E-state index contributed by atoms with van der Waals surface area (Å²) in [6.07, 6.45) is 1.70. The Kier molecular flexibility index (Phi) is 5.50. The number of halogens is 2. The molecule has 3 N–H and O–H groups in total. The first-order valence-electron chi connectivity index (χ1n) is 5.99. The Bertz CT molecular complexity index is 361. The van der Waals surface area contributed by atoms with E-state index in [1.165, 1.54) is 6.07 Å². The summed E-state index contributed by atoms with van der Waals surface area (Å²) in [6, 6.07) is 3.57. The van der Waals surface area contributed by atoms with Crippen LogP contribution in [0.3, 0.4) is 0 Å². The molecule has 1 atom stereocenters. The van der Waals surface area contributed by atoms with Crippen molar-refractivity contribution in [3.63, 3.8) is 0 Å². The number of nitrogens with two attached hydrogens (primary N) is 1. The summed E-state index contributed by atoms with van der Waals surface area (Å²) in [7, 11) is 0. The van der Waals surface area contributed by atoms with Gasteiger partial charge in [0.25, 0.3) is 0 Å². The van der Waals surface area contributed by atoms with Crippen LogP contribution >= 0.6 is 0 Å². The van der Waals surface area contributed by atoms with E-state index in [-0.39, 0.29) is 19.0 Å². The van der Waals surface area contributed by atoms with Gasteiger partial charge in [0.2, 0.25) is 0 Å². The first kappa shape index (κ1) is 14.9. The zero-order chi connectivity index (χ0) is 13.6. The minimum absolute atomic E-state index is 0.114. The topological polar surface area (TPSA) is 55.5 Å². The summed E-state index contributed by atoms with van der Waals surface area (Å²) in [5, 5.41) is 9.10. The smallest absolute Gasteiger partial charge is 0.190 e. The molecule has 0 bridgehead atoms. The predicted molar refractivity (Wildman–Crippen MR) is 65.4 cm³/mol. The number of aliphatic hydroxyl groups is 1. The van der Waals surface area contributed by atoms with Crippen LogP contribution in [0.5, 0.6) is 5.75 Å². The van der Waals surface area contributed by atoms with E-state index < -0.39 is 17.2 Å². The highest BCUT2D eigenvalue weighted by Gasteiger charge is 2.21. The lowest BCUT2D eigenvalue weighted by Gasteiger charge is -2.25. The van der Waals surface area contributed by atoms with Gasteiger partial charge in [-0.15, -0.1) is 0 Å². The average Bonchev–Trinajstić information content (AvgIpc) is 2.37. The molecular formula is C13H19F2NO2. The number of hydrogen-bond acceptors (Lipinski definition) is 3. The van der Waals surface area contributed by atoms with Gasteiger partial charge in [-0.2, -0.15) is 0 Å². The quantitative estimate of drug-likeness (QED) is 0.738. The number of hydrogen-bond donors (Lipinski definition) is 2. The van der Waals surface area contributed by atoms with Crippen molar-refractivity contribution in [1.82, 2.24) is 0 Å². The number of para-hydroxylation sites is 1. The molecule has 0 saturated heterocycles. The van der Waals surface area contributed by atoms with Crippen LogP contribution in [0.2, 0.25) is 0 Å². The van der Waals surface area contributed by atoms with E-state index in [1.807, 2.05) is 6.92 Å². The molecule has 0 heterocycles. The summed E-state index contributed by atoms with van der Waals surface area (Å²) in [4.78, 5) is 0. The maximum absolute atomic E-state index is 13.2. The summed E-state index contributed by atoms with van der Waals surface area (Å²) >= 11 is 0. The maximum atomic E-state index is 13.2. The molecule has 1 rings (SSSR count). The van der Waals surface area contributed by atoms with E-state index in [0.717, 1.165) is 12.1 Å². The molecule has 0 fully saturated rings. The molecule has 0 spiro atoms. The van der Waals surface area contributed by atoms with Crippen LogP contribution in [0, 0.1) is 11.6 Å². The van der Waals surface area contributed by atoms with Crippen molar-refractivity contribution in [2.24, 2.45) is 5.73 Å². The number of benzene rings is 1. The third-order valence-electron chi connectivity index (χ3n) is 3.00. The summed E-state index contributed by atoms with van der Waals surface area (Å²) < 4.78 is 31.5. The molecule has 0 radical (unpaired) electrons. The molecule has 1 unspecified atom stereocenters. The SMILES string of the molecule is CCC(N)(CO)CCCOc1c(F)cccc1F. The third-order valence-corrected chi connectivity index (χ3v) is 3.00. The second kappa shape index (κ2) is 6.66. The second-order valence-electron chi connectivity index (χ2n) is 4.38. The Hall–Kier alpha value is -1.20. The first-order chi connectivity index (χ1) is 8.52. The largest absolute Gasteiger partial charge is 0.488 e. The molecule has 0 aliphatic heterocycles. The monoisotopic (exact) mass is 259 g/mol. The van der Waals surface area contributed by atoms with E-state index in [4.69, 9.17) is 15.6 Å². The van der Waals surface area contributed by atoms with Gasteiger partial charge in [-0.05, 0) is 31.4 Å². The molecule has 1 aromatic rings. The molecule has 0 aliphatic carbocycles. The molecule has 102 valence electrons. The van der Waals surface area contributed by atoms with Crippen LogP contribution in [-0.4, -0.2) is 23.9 Å². The fourth-order valence-corrected chi connectivity index (χ4v) is 1.59. The summed E-state index contributed by atoms with van der Waals surface area (Å²) in [5.74, 6) is -1.79. The molecule has 18 heavy (non-hydrogen) atoms. The van der Waals surface area contributed by atoms with E-state index in [2.05, 4.69) is 0 Å². The van der Waals surface area contributed by atoms with Gasteiger partial charge in [0, 0.05) is 5.54 Å². The van der Waals surface area contributed by atoms with Crippen LogP contribution in [0.1, 0.15) is 26.2 Å². The van der Waals surface area contributed by atoms with Crippen LogP contribution in [-0.2, 0) is 0 Å². The van der Waals surface area contributed by atoms with Crippen molar-refractivity contribution in [2.45, 2.75) is 31.7 Å². The van der Waals surface area contributed by atoms with Gasteiger partial charge in [-0.3, -0.25) is 0 Å². The average molecular weight is 259 g/mol. The fraction of sp³-hybridized carbons (Fsp3) is 0.538. The van der Waals surface area contributed by atoms with Gasteiger partial charge >= 0.3 is 0 Å². The molecule has 3 nitrogen and oxygen atoms in total. The van der Waals surface area contributed by atoms with E-state index in [1.54, 1.807) is 0 Å². The lowest BCUT2D eigenvalue weighted by Crippen LogP contribution is -2.43. The summed E-state index contributed by atoms with van der Waals surface area (Å²) in [6.45, 7) is 1.93. The van der Waals surface area contributed by atoms with Crippen molar-refractivity contribution >= 4 is 0 Å². The lowest BCUT2D eigenvalue weighted by molar-refractivity contribution is 0.170. The van der Waals surface area contributed by atoms with Crippen LogP contribution in [0.15, 0.2) is 18.2 Å². The Balaban J connectivity index is 2.43. The van der Waals surface area contributed by atoms with Crippen molar-refractivity contribution in [3.05, 3.63) is 29.8 Å². The van der Waals surface area contributed by atoms with Gasteiger partial charge in [0.1, 0.15) is 0 Å². The second-order valence-corrected chi connectivity index (χ2v) is 4.38. The van der Waals surface area contributed by atoms with Crippen LogP contribution < -0.4 is 10.5 Å². The lowest BCUT2D eigenvalue weighted by atomic mass is 9.93. The van der Waals surface area contributed by atoms with Gasteiger partial charge in [0.05, 0.1) is 13.2 Å². The normalized spacial score (nSPS) is 14.3. The minimum Gasteiger partial charge on any atom is -0.488 e. The Morgan fingerprint density at radius 3 is 2.44 bits per heavy atom. The number of aliphatic hydroxyl groups excluding tert-OH is 1. The van der Waals surface area contributed by atoms with Crippen molar-refractivity contribution in [1.29, 1.82) is 0 Å². The number of rotatable bonds is 7. The van der Waals surface area contributed by atoms with E-state index in [0.29, 0.717) is 19.3 Å². The van der Waals surface area contributed by atoms with Gasteiger partial charge in [0.15, 0.2) is 17.4 Å². The van der Waals surface area contributed by atoms with Crippen molar-refractivity contribution < 1.29 is 18.6 Å². The van der Waals surface area contributed by atoms with Gasteiger partial charge in [-0.25, -0.2) is 8.78 Å². The van der Waals surface area contributed by atoms with Crippen LogP contribution in [0.4, 0.5) is 8.78 Å².